The maximum atomic E-state index is 6.02. The van der Waals surface area contributed by atoms with Crippen LogP contribution in [0.3, 0.4) is 0 Å². The van der Waals surface area contributed by atoms with Gasteiger partial charge in [-0.3, -0.25) is 4.90 Å². The van der Waals surface area contributed by atoms with E-state index >= 15 is 0 Å². The molecule has 0 spiro atoms. The Labute approximate surface area is 102 Å². The van der Waals surface area contributed by atoms with Crippen LogP contribution in [0.4, 0.5) is 0 Å². The van der Waals surface area contributed by atoms with Gasteiger partial charge in [0, 0.05) is 18.6 Å². The van der Waals surface area contributed by atoms with E-state index in [9.17, 15) is 0 Å². The lowest BCUT2D eigenvalue weighted by molar-refractivity contribution is 0.0558. The topological polar surface area (TPSA) is 29.3 Å². The summed E-state index contributed by atoms with van der Waals surface area (Å²) in [5.41, 5.74) is 6.28. The summed E-state index contributed by atoms with van der Waals surface area (Å²) in [6.07, 6.45) is 7.99. The fraction of sp³-hybridized carbons (Fsp3) is 1.00. The first-order valence-electron chi connectivity index (χ1n) is 7.07. The zero-order valence-corrected chi connectivity index (χ0v) is 11.5. The molecule has 0 saturated carbocycles. The van der Waals surface area contributed by atoms with Crippen LogP contribution in [0.1, 0.15) is 59.3 Å². The lowest BCUT2D eigenvalue weighted by Crippen LogP contribution is -2.54. The van der Waals surface area contributed by atoms with Crippen LogP contribution in [0, 0.1) is 5.92 Å². The summed E-state index contributed by atoms with van der Waals surface area (Å²) < 4.78 is 0. The predicted molar refractivity (Wildman–Crippen MR) is 71.6 cm³/mol. The summed E-state index contributed by atoms with van der Waals surface area (Å²) in [6, 6.07) is 0. The van der Waals surface area contributed by atoms with Crippen LogP contribution in [0.5, 0.6) is 0 Å². The number of nitrogens with two attached hydrogens (primary N) is 1. The average molecular weight is 226 g/mol. The molecule has 0 bridgehead atoms. The number of hydrogen-bond donors (Lipinski definition) is 1. The number of nitrogens with zero attached hydrogens (tertiary/aromatic N) is 1. The van der Waals surface area contributed by atoms with E-state index in [1.807, 2.05) is 0 Å². The van der Waals surface area contributed by atoms with Crippen molar-refractivity contribution >= 4 is 0 Å². The second-order valence-corrected chi connectivity index (χ2v) is 5.85. The average Bonchev–Trinajstić information content (AvgIpc) is 2.29. The van der Waals surface area contributed by atoms with E-state index in [0.717, 1.165) is 12.5 Å². The van der Waals surface area contributed by atoms with Crippen LogP contribution < -0.4 is 5.73 Å². The Morgan fingerprint density at radius 3 is 2.69 bits per heavy atom. The Morgan fingerprint density at radius 1 is 1.38 bits per heavy atom. The van der Waals surface area contributed by atoms with E-state index in [-0.39, 0.29) is 5.54 Å². The maximum Gasteiger partial charge on any atom is 0.0303 e. The third-order valence-corrected chi connectivity index (χ3v) is 4.18. The zero-order valence-electron chi connectivity index (χ0n) is 11.5. The van der Waals surface area contributed by atoms with Gasteiger partial charge in [0.25, 0.3) is 0 Å². The molecule has 1 aliphatic heterocycles. The van der Waals surface area contributed by atoms with Crippen LogP contribution in [-0.2, 0) is 0 Å². The van der Waals surface area contributed by atoms with Gasteiger partial charge in [0.05, 0.1) is 0 Å². The standard InChI is InChI=1S/C14H30N2/c1-4-5-6-9-14(3,12-15)16-10-7-8-13(2)11-16/h13H,4-12,15H2,1-3H3. The van der Waals surface area contributed by atoms with Crippen LogP contribution >= 0.6 is 0 Å². The van der Waals surface area contributed by atoms with Gasteiger partial charge in [-0.15, -0.1) is 0 Å². The van der Waals surface area contributed by atoms with Crippen molar-refractivity contribution < 1.29 is 0 Å². The lowest BCUT2D eigenvalue weighted by Gasteiger charge is -2.45. The molecule has 2 N–H and O–H groups in total. The van der Waals surface area contributed by atoms with Gasteiger partial charge in [0.2, 0.25) is 0 Å². The molecule has 2 heteroatoms. The highest BCUT2D eigenvalue weighted by Crippen LogP contribution is 2.27. The third-order valence-electron chi connectivity index (χ3n) is 4.18. The van der Waals surface area contributed by atoms with Crippen molar-refractivity contribution in [1.82, 2.24) is 4.90 Å². The minimum Gasteiger partial charge on any atom is -0.329 e. The molecule has 0 aromatic carbocycles. The van der Waals surface area contributed by atoms with Crippen LogP contribution in [0.25, 0.3) is 0 Å². The molecule has 1 rings (SSSR count). The quantitative estimate of drug-likeness (QED) is 0.705. The highest BCUT2D eigenvalue weighted by atomic mass is 15.2. The molecule has 0 radical (unpaired) electrons. The molecule has 0 amide bonds. The van der Waals surface area contributed by atoms with E-state index in [1.54, 1.807) is 0 Å². The van der Waals surface area contributed by atoms with Crippen LogP contribution in [-0.4, -0.2) is 30.1 Å². The number of likely N-dealkylation sites (tertiary alicyclic amines) is 1. The molecular weight excluding hydrogens is 196 g/mol. The van der Waals surface area contributed by atoms with Crippen molar-refractivity contribution in [2.75, 3.05) is 19.6 Å². The minimum atomic E-state index is 0.254. The molecule has 96 valence electrons. The van der Waals surface area contributed by atoms with Gasteiger partial charge in [0.15, 0.2) is 0 Å². The summed E-state index contributed by atoms with van der Waals surface area (Å²) in [6.45, 7) is 10.3. The second kappa shape index (κ2) is 6.61. The molecule has 16 heavy (non-hydrogen) atoms. The molecule has 1 fully saturated rings. The highest BCUT2D eigenvalue weighted by molar-refractivity contribution is 4.89. The Balaban J connectivity index is 2.48. The SMILES string of the molecule is CCCCCC(C)(CN)N1CCCC(C)C1. The fourth-order valence-electron chi connectivity index (χ4n) is 2.82. The van der Waals surface area contributed by atoms with Crippen LogP contribution in [0.15, 0.2) is 0 Å². The van der Waals surface area contributed by atoms with E-state index < -0.39 is 0 Å². The molecule has 1 heterocycles. The molecule has 2 atom stereocenters. The normalized spacial score (nSPS) is 26.6. The van der Waals surface area contributed by atoms with Crippen molar-refractivity contribution in [1.29, 1.82) is 0 Å². The van der Waals surface area contributed by atoms with E-state index in [2.05, 4.69) is 25.7 Å². The van der Waals surface area contributed by atoms with Gasteiger partial charge in [0.1, 0.15) is 0 Å². The van der Waals surface area contributed by atoms with Crippen molar-refractivity contribution in [2.24, 2.45) is 11.7 Å². The molecule has 1 saturated heterocycles. The molecule has 1 aliphatic rings. The number of piperidine rings is 1. The Morgan fingerprint density at radius 2 is 2.12 bits per heavy atom. The largest absolute Gasteiger partial charge is 0.329 e. The van der Waals surface area contributed by atoms with Crippen LogP contribution in [0.2, 0.25) is 0 Å². The van der Waals surface area contributed by atoms with E-state index in [0.29, 0.717) is 0 Å². The first-order valence-corrected chi connectivity index (χ1v) is 7.07. The monoisotopic (exact) mass is 226 g/mol. The molecule has 0 aliphatic carbocycles. The molecule has 0 aromatic heterocycles. The van der Waals surface area contributed by atoms with E-state index in [4.69, 9.17) is 5.73 Å². The van der Waals surface area contributed by atoms with Crippen molar-refractivity contribution in [3.8, 4) is 0 Å². The highest BCUT2D eigenvalue weighted by Gasteiger charge is 2.32. The van der Waals surface area contributed by atoms with Gasteiger partial charge in [-0.05, 0) is 38.6 Å². The van der Waals surface area contributed by atoms with Crippen molar-refractivity contribution in [3.63, 3.8) is 0 Å². The van der Waals surface area contributed by atoms with Crippen molar-refractivity contribution in [3.05, 3.63) is 0 Å². The second-order valence-electron chi connectivity index (χ2n) is 5.85. The number of unbranched alkanes of at least 4 members (excludes halogenated alkanes) is 2. The summed E-state index contributed by atoms with van der Waals surface area (Å²) in [5, 5.41) is 0. The molecule has 2 unspecified atom stereocenters. The smallest absolute Gasteiger partial charge is 0.0303 e. The zero-order chi connectivity index (χ0) is 12.0. The summed E-state index contributed by atoms with van der Waals surface area (Å²) in [7, 11) is 0. The molecule has 2 nitrogen and oxygen atoms in total. The Kier molecular flexibility index (Phi) is 5.77. The third kappa shape index (κ3) is 3.74. The lowest BCUT2D eigenvalue weighted by atomic mass is 9.88. The summed E-state index contributed by atoms with van der Waals surface area (Å²) in [5.74, 6) is 0.853. The van der Waals surface area contributed by atoms with E-state index in [1.165, 1.54) is 51.6 Å². The first-order chi connectivity index (χ1) is 7.62. The van der Waals surface area contributed by atoms with Gasteiger partial charge in [-0.2, -0.15) is 0 Å². The molecular formula is C14H30N2. The Hall–Kier alpha value is -0.0800. The predicted octanol–water partition coefficient (Wildman–Crippen LogP) is 3.02. The number of rotatable bonds is 6. The number of hydrogen-bond acceptors (Lipinski definition) is 2. The fourth-order valence-corrected chi connectivity index (χ4v) is 2.82. The Bertz CT molecular complexity index is 193. The van der Waals surface area contributed by atoms with Gasteiger partial charge < -0.3 is 5.73 Å². The first kappa shape index (κ1) is 14.0. The van der Waals surface area contributed by atoms with Gasteiger partial charge in [-0.25, -0.2) is 0 Å². The molecule has 0 aromatic rings. The van der Waals surface area contributed by atoms with Gasteiger partial charge in [-0.1, -0.05) is 33.1 Å². The summed E-state index contributed by atoms with van der Waals surface area (Å²) >= 11 is 0. The van der Waals surface area contributed by atoms with Crippen molar-refractivity contribution in [2.45, 2.75) is 64.8 Å². The minimum absolute atomic E-state index is 0.254. The maximum absolute atomic E-state index is 6.02. The van der Waals surface area contributed by atoms with Gasteiger partial charge >= 0.3 is 0 Å². The summed E-state index contributed by atoms with van der Waals surface area (Å²) in [4.78, 5) is 2.65.